The molecule has 1 amide bonds. The number of benzene rings is 1. The van der Waals surface area contributed by atoms with Crippen LogP contribution in [0.3, 0.4) is 0 Å². The van der Waals surface area contributed by atoms with Crippen LogP contribution >= 0.6 is 11.6 Å². The van der Waals surface area contributed by atoms with Crippen LogP contribution < -0.4 is 14.8 Å². The third-order valence-corrected chi connectivity index (χ3v) is 3.94. The molecule has 132 valence electrons. The molecule has 2 heterocycles. The molecule has 0 saturated heterocycles. The van der Waals surface area contributed by atoms with Crippen molar-refractivity contribution in [1.82, 2.24) is 4.98 Å². The van der Waals surface area contributed by atoms with Crippen LogP contribution in [0.4, 0.5) is 5.82 Å². The van der Waals surface area contributed by atoms with E-state index in [-0.39, 0.29) is 16.4 Å². The highest BCUT2D eigenvalue weighted by molar-refractivity contribution is 6.33. The summed E-state index contributed by atoms with van der Waals surface area (Å²) in [6, 6.07) is 9.45. The fraction of sp³-hybridized carbons (Fsp3) is 0.222. The smallest absolute Gasteiger partial charge is 0.250 e. The van der Waals surface area contributed by atoms with E-state index in [2.05, 4.69) is 10.3 Å². The average Bonchev–Trinajstić information content (AvgIpc) is 2.89. The molecule has 2 aromatic rings. The highest BCUT2D eigenvalue weighted by atomic mass is 35.5. The predicted molar refractivity (Wildman–Crippen MR) is 93.4 cm³/mol. The Morgan fingerprint density at radius 3 is 2.81 bits per heavy atom. The number of nitriles is 1. The summed E-state index contributed by atoms with van der Waals surface area (Å²) in [5.41, 5.74) is 0.0990. The molecule has 1 N–H and O–H groups in total. The molecular formula is C18H14ClN3O4. The summed E-state index contributed by atoms with van der Waals surface area (Å²) >= 11 is 6.17. The number of amides is 1. The maximum atomic E-state index is 12.7. The number of nitrogens with one attached hydrogen (secondary N) is 1. The van der Waals surface area contributed by atoms with E-state index in [4.69, 9.17) is 21.1 Å². The Balaban J connectivity index is 1.85. The molecule has 0 radical (unpaired) electrons. The first kappa shape index (κ1) is 17.7. The van der Waals surface area contributed by atoms with Crippen LogP contribution in [0.5, 0.6) is 11.5 Å². The number of hydrogen-bond donors (Lipinski definition) is 1. The molecule has 1 aliphatic heterocycles. The molecule has 0 fully saturated rings. The lowest BCUT2D eigenvalue weighted by Gasteiger charge is -2.13. The number of anilines is 1. The van der Waals surface area contributed by atoms with Gasteiger partial charge < -0.3 is 14.8 Å². The fourth-order valence-corrected chi connectivity index (χ4v) is 2.68. The number of fused-ring (bicyclic) bond motifs is 1. The molecule has 0 aliphatic carbocycles. The number of Topliss-reactive ketones (excluding diaryl/α,β-unsaturated/α-hetero) is 1. The standard InChI is InChI=1S/C18H14ClN3O4/c19-13-8-11(9-14-17(13)26-7-3-6-25-14)16(23)12(10-20)18(24)22-15-4-1-2-5-21-15/h1-2,4-5,8-9,12H,3,6-7H2,(H,21,22,24). The monoisotopic (exact) mass is 371 g/mol. The minimum Gasteiger partial charge on any atom is -0.489 e. The Bertz CT molecular complexity index is 880. The Hall–Kier alpha value is -3.11. The molecule has 0 spiro atoms. The Morgan fingerprint density at radius 2 is 2.08 bits per heavy atom. The van der Waals surface area contributed by atoms with Crippen molar-refractivity contribution in [2.45, 2.75) is 6.42 Å². The number of ketones is 1. The zero-order chi connectivity index (χ0) is 18.5. The van der Waals surface area contributed by atoms with Gasteiger partial charge in [0, 0.05) is 18.2 Å². The summed E-state index contributed by atoms with van der Waals surface area (Å²) in [6.45, 7) is 0.871. The van der Waals surface area contributed by atoms with Crippen LogP contribution in [0.25, 0.3) is 0 Å². The number of hydrogen-bond acceptors (Lipinski definition) is 6. The summed E-state index contributed by atoms with van der Waals surface area (Å²) in [5.74, 6) is -2.06. The van der Waals surface area contributed by atoms with Crippen molar-refractivity contribution in [1.29, 1.82) is 5.26 Å². The quantitative estimate of drug-likeness (QED) is 0.655. The van der Waals surface area contributed by atoms with Crippen molar-refractivity contribution >= 4 is 29.1 Å². The van der Waals surface area contributed by atoms with E-state index in [1.807, 2.05) is 0 Å². The minimum absolute atomic E-state index is 0.0990. The molecule has 7 nitrogen and oxygen atoms in total. The van der Waals surface area contributed by atoms with Gasteiger partial charge in [0.2, 0.25) is 0 Å². The van der Waals surface area contributed by atoms with E-state index < -0.39 is 17.6 Å². The lowest BCUT2D eigenvalue weighted by Crippen LogP contribution is -2.29. The van der Waals surface area contributed by atoms with E-state index in [1.165, 1.54) is 18.3 Å². The van der Waals surface area contributed by atoms with E-state index in [0.29, 0.717) is 31.1 Å². The third-order valence-electron chi connectivity index (χ3n) is 3.66. The molecule has 3 rings (SSSR count). The molecule has 8 heteroatoms. The molecular weight excluding hydrogens is 358 g/mol. The Morgan fingerprint density at radius 1 is 1.27 bits per heavy atom. The van der Waals surface area contributed by atoms with Gasteiger partial charge in [-0.15, -0.1) is 0 Å². The number of nitrogens with zero attached hydrogens (tertiary/aromatic N) is 2. The molecule has 1 unspecified atom stereocenters. The number of carbonyl (C=O) groups is 2. The summed E-state index contributed by atoms with van der Waals surface area (Å²) in [7, 11) is 0. The first-order valence-electron chi connectivity index (χ1n) is 7.85. The average molecular weight is 372 g/mol. The second-order valence-corrected chi connectivity index (χ2v) is 5.87. The van der Waals surface area contributed by atoms with Crippen LogP contribution in [-0.2, 0) is 4.79 Å². The first-order valence-corrected chi connectivity index (χ1v) is 8.23. The third kappa shape index (κ3) is 3.76. The van der Waals surface area contributed by atoms with Gasteiger partial charge in [0.1, 0.15) is 5.82 Å². The van der Waals surface area contributed by atoms with Crippen LogP contribution in [0, 0.1) is 17.2 Å². The van der Waals surface area contributed by atoms with Crippen molar-refractivity contribution in [3.63, 3.8) is 0 Å². The first-order chi connectivity index (χ1) is 12.6. The molecule has 1 aromatic heterocycles. The Kier molecular flexibility index (Phi) is 5.34. The Labute approximate surface area is 154 Å². The van der Waals surface area contributed by atoms with E-state index >= 15 is 0 Å². The molecule has 0 saturated carbocycles. The molecule has 1 aliphatic rings. The largest absolute Gasteiger partial charge is 0.489 e. The van der Waals surface area contributed by atoms with Crippen molar-refractivity contribution in [2.75, 3.05) is 18.5 Å². The lowest BCUT2D eigenvalue weighted by atomic mass is 9.97. The molecule has 1 aromatic carbocycles. The number of carbonyl (C=O) groups excluding carboxylic acids is 2. The van der Waals surface area contributed by atoms with Crippen molar-refractivity contribution in [3.8, 4) is 17.6 Å². The normalized spacial score (nSPS) is 13.8. The number of pyridine rings is 1. The van der Waals surface area contributed by atoms with Gasteiger partial charge in [0.15, 0.2) is 23.2 Å². The predicted octanol–water partition coefficient (Wildman–Crippen LogP) is 2.86. The summed E-state index contributed by atoms with van der Waals surface area (Å²) < 4.78 is 11.0. The van der Waals surface area contributed by atoms with Gasteiger partial charge in [-0.2, -0.15) is 5.26 Å². The zero-order valence-electron chi connectivity index (χ0n) is 13.6. The fourth-order valence-electron chi connectivity index (χ4n) is 2.41. The van der Waals surface area contributed by atoms with Gasteiger partial charge in [-0.1, -0.05) is 17.7 Å². The summed E-state index contributed by atoms with van der Waals surface area (Å²) in [6.07, 6.45) is 2.17. The SMILES string of the molecule is N#CC(C(=O)Nc1ccccn1)C(=O)c1cc(Cl)c2c(c1)OCCCO2. The van der Waals surface area contributed by atoms with Gasteiger partial charge in [-0.25, -0.2) is 4.98 Å². The molecule has 0 bridgehead atoms. The van der Waals surface area contributed by atoms with E-state index in [1.54, 1.807) is 24.3 Å². The highest BCUT2D eigenvalue weighted by Gasteiger charge is 2.29. The second-order valence-electron chi connectivity index (χ2n) is 5.47. The van der Waals surface area contributed by atoms with E-state index in [0.717, 1.165) is 0 Å². The number of halogens is 1. The minimum atomic E-state index is -1.54. The van der Waals surface area contributed by atoms with Crippen molar-refractivity contribution < 1.29 is 19.1 Å². The van der Waals surface area contributed by atoms with Crippen molar-refractivity contribution in [3.05, 3.63) is 47.1 Å². The number of aromatic nitrogens is 1. The lowest BCUT2D eigenvalue weighted by molar-refractivity contribution is -0.117. The van der Waals surface area contributed by atoms with Crippen LogP contribution in [0.1, 0.15) is 16.8 Å². The molecule has 1 atom stereocenters. The van der Waals surface area contributed by atoms with Gasteiger partial charge in [-0.05, 0) is 24.3 Å². The van der Waals surface area contributed by atoms with E-state index in [9.17, 15) is 14.9 Å². The summed E-state index contributed by atoms with van der Waals surface area (Å²) in [5, 5.41) is 12.0. The van der Waals surface area contributed by atoms with Gasteiger partial charge in [0.25, 0.3) is 5.91 Å². The van der Waals surface area contributed by atoms with Crippen molar-refractivity contribution in [2.24, 2.45) is 5.92 Å². The molecule has 26 heavy (non-hydrogen) atoms. The zero-order valence-corrected chi connectivity index (χ0v) is 14.3. The maximum absolute atomic E-state index is 12.7. The number of rotatable bonds is 4. The highest BCUT2D eigenvalue weighted by Crippen LogP contribution is 2.38. The van der Waals surface area contributed by atoms with Gasteiger partial charge in [0.05, 0.1) is 24.3 Å². The number of ether oxygens (including phenoxy) is 2. The maximum Gasteiger partial charge on any atom is 0.250 e. The van der Waals surface area contributed by atoms with Crippen LogP contribution in [0.2, 0.25) is 5.02 Å². The van der Waals surface area contributed by atoms with Gasteiger partial charge >= 0.3 is 0 Å². The summed E-state index contributed by atoms with van der Waals surface area (Å²) in [4.78, 5) is 28.9. The second kappa shape index (κ2) is 7.85. The topological polar surface area (TPSA) is 101 Å². The van der Waals surface area contributed by atoms with Crippen LogP contribution in [-0.4, -0.2) is 29.9 Å². The van der Waals surface area contributed by atoms with Gasteiger partial charge in [-0.3, -0.25) is 9.59 Å². The van der Waals surface area contributed by atoms with Crippen LogP contribution in [0.15, 0.2) is 36.5 Å².